The van der Waals surface area contributed by atoms with Crippen molar-refractivity contribution < 1.29 is 26.3 Å². The molecular formula is C38H25N3O6S. The van der Waals surface area contributed by atoms with Crippen molar-refractivity contribution in [2.45, 2.75) is 13.3 Å². The lowest BCUT2D eigenvalue weighted by atomic mass is 9.86. The summed E-state index contributed by atoms with van der Waals surface area (Å²) in [6, 6.07) is 31.6. The molecule has 0 saturated carbocycles. The number of fused-ring (bicyclic) bond motifs is 4. The number of rotatable bonds is 6. The highest BCUT2D eigenvalue weighted by atomic mass is 32.3. The van der Waals surface area contributed by atoms with Crippen LogP contribution >= 0.6 is 0 Å². The minimum absolute atomic E-state index is 0.0928. The first kappa shape index (κ1) is 28.4. The Balaban J connectivity index is 1.40. The Morgan fingerprint density at radius 2 is 1.48 bits per heavy atom. The Hall–Kier alpha value is -5.84. The van der Waals surface area contributed by atoms with Gasteiger partial charge in [0.2, 0.25) is 5.88 Å². The molecule has 0 N–H and O–H groups in total. The Morgan fingerprint density at radius 1 is 0.792 bits per heavy atom. The molecule has 2 aliphatic heterocycles. The van der Waals surface area contributed by atoms with Crippen LogP contribution in [0.2, 0.25) is 0 Å². The fourth-order valence-corrected chi connectivity index (χ4v) is 7.74. The fourth-order valence-electron chi connectivity index (χ4n) is 7.28. The number of benzene rings is 6. The van der Waals surface area contributed by atoms with E-state index in [0.717, 1.165) is 67.8 Å². The van der Waals surface area contributed by atoms with E-state index in [1.807, 2.05) is 103 Å². The number of carbonyl (C=O) groups excluding carboxylic acids is 1. The maximum Gasteiger partial charge on any atom is 0.448 e. The lowest BCUT2D eigenvalue weighted by Gasteiger charge is -2.35. The number of ether oxygens (including phenoxy) is 1. The van der Waals surface area contributed by atoms with Crippen LogP contribution in [0.3, 0.4) is 0 Å². The minimum Gasteiger partial charge on any atom is -0.410 e. The molecular weight excluding hydrogens is 627 g/mol. The molecule has 48 heavy (non-hydrogen) atoms. The number of aryl methyl sites for hydroxylation is 1. The molecule has 10 heteroatoms. The minimum atomic E-state index is -4.36. The highest BCUT2D eigenvalue weighted by Crippen LogP contribution is 2.44. The predicted molar refractivity (Wildman–Crippen MR) is 186 cm³/mol. The fraction of sp³-hybridized carbons (Fsp3) is 0.0789. The molecule has 234 valence electrons. The van der Waals surface area contributed by atoms with Gasteiger partial charge in [0.15, 0.2) is 0 Å². The van der Waals surface area contributed by atoms with E-state index in [2.05, 4.69) is 0 Å². The van der Waals surface area contributed by atoms with Crippen LogP contribution < -0.4 is 15.3 Å². The molecule has 6 aromatic rings. The van der Waals surface area contributed by atoms with E-state index in [4.69, 9.17) is 23.1 Å². The molecule has 0 amide bonds. The molecule has 3 aliphatic rings. The van der Waals surface area contributed by atoms with Gasteiger partial charge in [0.05, 0.1) is 36.3 Å². The number of anilines is 1. The first-order chi connectivity index (χ1) is 23.4. The number of aliphatic imine (C=N–C) groups is 2. The van der Waals surface area contributed by atoms with Crippen LogP contribution in [0.4, 0.5) is 17.1 Å². The number of amidine groups is 1. The van der Waals surface area contributed by atoms with Crippen molar-refractivity contribution in [3.63, 3.8) is 0 Å². The Labute approximate surface area is 274 Å². The molecule has 1 aliphatic carbocycles. The summed E-state index contributed by atoms with van der Waals surface area (Å²) in [5.41, 5.74) is 5.65. The van der Waals surface area contributed by atoms with Gasteiger partial charge >= 0.3 is 10.4 Å². The topological polar surface area (TPSA) is 107 Å². The van der Waals surface area contributed by atoms with E-state index >= 15 is 0 Å². The van der Waals surface area contributed by atoms with Gasteiger partial charge in [0.25, 0.3) is 6.47 Å². The molecule has 9 rings (SSSR count). The molecule has 0 atom stereocenters. The summed E-state index contributed by atoms with van der Waals surface area (Å²) in [4.78, 5) is 24.2. The van der Waals surface area contributed by atoms with Crippen LogP contribution in [0.1, 0.15) is 23.1 Å². The summed E-state index contributed by atoms with van der Waals surface area (Å²) in [6.07, 6.45) is 0.0928. The molecule has 0 aromatic heterocycles. The zero-order valence-electron chi connectivity index (χ0n) is 25.7. The van der Waals surface area contributed by atoms with Gasteiger partial charge in [-0.1, -0.05) is 66.7 Å². The molecule has 9 nitrogen and oxygen atoms in total. The van der Waals surface area contributed by atoms with E-state index in [-0.39, 0.29) is 12.2 Å². The van der Waals surface area contributed by atoms with E-state index in [0.29, 0.717) is 39.7 Å². The molecule has 0 unspecified atom stereocenters. The van der Waals surface area contributed by atoms with Gasteiger partial charge in [0, 0.05) is 43.1 Å². The van der Waals surface area contributed by atoms with Crippen molar-refractivity contribution in [3.8, 4) is 0 Å². The molecule has 0 bridgehead atoms. The molecule has 0 radical (unpaired) electrons. The molecule has 0 saturated heterocycles. The van der Waals surface area contributed by atoms with E-state index in [1.165, 1.54) is 0 Å². The first-order valence-electron chi connectivity index (χ1n) is 15.3. The lowest BCUT2D eigenvalue weighted by molar-refractivity contribution is -0.122. The Morgan fingerprint density at radius 3 is 2.27 bits per heavy atom. The van der Waals surface area contributed by atoms with Crippen LogP contribution in [0.25, 0.3) is 44.0 Å². The molecule has 0 spiro atoms. The maximum absolute atomic E-state index is 12.7. The monoisotopic (exact) mass is 651 g/mol. The van der Waals surface area contributed by atoms with Crippen LogP contribution in [0.15, 0.2) is 107 Å². The van der Waals surface area contributed by atoms with Gasteiger partial charge in [0.1, 0.15) is 11.6 Å². The van der Waals surface area contributed by atoms with Crippen LogP contribution in [0, 0.1) is 6.92 Å². The second-order valence-corrected chi connectivity index (χ2v) is 13.1. The molecule has 2 heterocycles. The van der Waals surface area contributed by atoms with Crippen molar-refractivity contribution in [1.29, 1.82) is 0 Å². The predicted octanol–water partition coefficient (Wildman–Crippen LogP) is 6.15. The second-order valence-electron chi connectivity index (χ2n) is 11.8. The number of nitrogens with zero attached hydrogens (tertiary/aromatic N) is 3. The largest absolute Gasteiger partial charge is 0.448 e. The van der Waals surface area contributed by atoms with Gasteiger partial charge in [-0.15, -0.1) is 0 Å². The van der Waals surface area contributed by atoms with Crippen molar-refractivity contribution in [2.75, 3.05) is 12.0 Å². The highest BCUT2D eigenvalue weighted by Gasteiger charge is 2.35. The first-order valence-corrected chi connectivity index (χ1v) is 16.6. The summed E-state index contributed by atoms with van der Waals surface area (Å²) >= 11 is 0. The normalized spacial score (nSPS) is 15.6. The summed E-state index contributed by atoms with van der Waals surface area (Å²) in [5, 5.41) is 6.65. The summed E-state index contributed by atoms with van der Waals surface area (Å²) in [7, 11) is -3.30. The summed E-state index contributed by atoms with van der Waals surface area (Å²) in [5.74, 6) is 1.04. The van der Waals surface area contributed by atoms with E-state index < -0.39 is 10.4 Å². The quantitative estimate of drug-likeness (QED) is 0.199. The van der Waals surface area contributed by atoms with Gasteiger partial charge < -0.3 is 8.92 Å². The van der Waals surface area contributed by atoms with Crippen LogP contribution in [0.5, 0.6) is 0 Å². The second kappa shape index (κ2) is 10.3. The molecule has 6 aromatic carbocycles. The smallest absolute Gasteiger partial charge is 0.410 e. The average Bonchev–Trinajstić information content (AvgIpc) is 3.09. The van der Waals surface area contributed by atoms with Crippen molar-refractivity contribution in [3.05, 3.63) is 124 Å². The van der Waals surface area contributed by atoms with E-state index in [9.17, 15) is 13.2 Å². The van der Waals surface area contributed by atoms with Crippen molar-refractivity contribution in [1.82, 2.24) is 0 Å². The van der Waals surface area contributed by atoms with Gasteiger partial charge in [-0.2, -0.15) is 8.42 Å². The standard InChI is InChI=1S/C38H25N3O6S/c1-21-7-3-8-22-9-4-12-28(33(21)22)39-30-19-32(47-48(43,44)45-2)25-16-18-27-36-26(17-15-24(30)35(25)36)37-40-29-13-5-10-23-11-6-14-31(34(23)29)41(37)38(27)46-20-42/h3-18,20H,19H2,1-2H3/b39-30+. The molecule has 0 fully saturated rings. The zero-order valence-corrected chi connectivity index (χ0v) is 26.5. The third kappa shape index (κ3) is 4.06. The van der Waals surface area contributed by atoms with Gasteiger partial charge in [-0.05, 0) is 53.6 Å². The summed E-state index contributed by atoms with van der Waals surface area (Å²) in [6.45, 7) is 2.45. The van der Waals surface area contributed by atoms with Crippen LogP contribution in [-0.4, -0.2) is 33.5 Å². The SMILES string of the molecule is COS(=O)(=O)OC1=c2ccc3c4c(ccc(c24)/C(=N/c2cccc4cccc(C)c24)C1)C1=Nc2cccc4cccc(c24)N1C=3OC=O. The van der Waals surface area contributed by atoms with Crippen LogP contribution in [-0.2, 0) is 28.3 Å². The maximum atomic E-state index is 12.7. The van der Waals surface area contributed by atoms with Crippen molar-refractivity contribution in [2.24, 2.45) is 9.98 Å². The Kier molecular flexibility index (Phi) is 6.11. The van der Waals surface area contributed by atoms with Gasteiger partial charge in [-0.25, -0.2) is 9.18 Å². The highest BCUT2D eigenvalue weighted by molar-refractivity contribution is 7.82. The van der Waals surface area contributed by atoms with Crippen molar-refractivity contribution >= 4 is 89.4 Å². The average molecular weight is 652 g/mol. The summed E-state index contributed by atoms with van der Waals surface area (Å²) < 4.78 is 41.5. The lowest BCUT2D eigenvalue weighted by Crippen LogP contribution is -2.41. The van der Waals surface area contributed by atoms with Gasteiger partial charge in [-0.3, -0.25) is 14.7 Å². The third-order valence-corrected chi connectivity index (χ3v) is 10.0. The van der Waals surface area contributed by atoms with E-state index in [1.54, 1.807) is 6.07 Å². The number of hydrogen-bond acceptors (Lipinski definition) is 9. The Bertz CT molecular complexity index is 2740. The zero-order chi connectivity index (χ0) is 32.7. The third-order valence-electron chi connectivity index (χ3n) is 9.23. The number of hydrogen-bond donors (Lipinski definition) is 0. The number of carbonyl (C=O) groups is 1.